The summed E-state index contributed by atoms with van der Waals surface area (Å²) >= 11 is 4.98. The molecule has 0 atom stereocenters. The predicted molar refractivity (Wildman–Crippen MR) is 154 cm³/mol. The van der Waals surface area contributed by atoms with Crippen LogP contribution in [0.5, 0.6) is 0 Å². The van der Waals surface area contributed by atoms with Crippen molar-refractivity contribution >= 4 is 67.5 Å². The van der Waals surface area contributed by atoms with Gasteiger partial charge in [0.1, 0.15) is 12.1 Å². The molecule has 2 aromatic heterocycles. The van der Waals surface area contributed by atoms with E-state index in [0.29, 0.717) is 28.4 Å². The van der Waals surface area contributed by atoms with Crippen LogP contribution in [0.3, 0.4) is 0 Å². The zero-order valence-electron chi connectivity index (χ0n) is 19.9. The standard InChI is InChI=1S/C28H23BrN6OS/c1-2-20-10-13-23-26(33-20)31-16-32-27(23)35-24-15-17(28(36)34-21-8-4-18(29)5-9-21)3-14-25(24)37-22-11-6-19(30)7-12-22/h3-16H,2,30H2,1H3,(H,34,36)(H,31,32,33,35). The third kappa shape index (κ3) is 5.90. The summed E-state index contributed by atoms with van der Waals surface area (Å²) in [4.78, 5) is 28.5. The molecule has 0 radical (unpaired) electrons. The summed E-state index contributed by atoms with van der Waals surface area (Å²) < 4.78 is 0.943. The molecule has 0 aliphatic heterocycles. The normalized spacial score (nSPS) is 10.9. The highest BCUT2D eigenvalue weighted by molar-refractivity contribution is 9.10. The number of carbonyl (C=O) groups is 1. The van der Waals surface area contributed by atoms with Crippen LogP contribution in [0.2, 0.25) is 0 Å². The maximum Gasteiger partial charge on any atom is 0.255 e. The highest BCUT2D eigenvalue weighted by atomic mass is 79.9. The number of amides is 1. The Kier molecular flexibility index (Phi) is 7.34. The molecule has 4 N–H and O–H groups in total. The average molecular weight is 572 g/mol. The quantitative estimate of drug-likeness (QED) is 0.179. The monoisotopic (exact) mass is 570 g/mol. The van der Waals surface area contributed by atoms with E-state index in [1.54, 1.807) is 11.8 Å². The van der Waals surface area contributed by atoms with E-state index >= 15 is 0 Å². The van der Waals surface area contributed by atoms with Crippen LogP contribution in [0.15, 0.2) is 99.5 Å². The van der Waals surface area contributed by atoms with Gasteiger partial charge in [-0.2, -0.15) is 0 Å². The first-order valence-electron chi connectivity index (χ1n) is 11.6. The molecule has 0 aliphatic carbocycles. The number of hydrogen-bond donors (Lipinski definition) is 3. The van der Waals surface area contributed by atoms with Gasteiger partial charge in [-0.05, 0) is 85.3 Å². The Hall–Kier alpha value is -3.95. The van der Waals surface area contributed by atoms with Crippen molar-refractivity contribution in [2.24, 2.45) is 0 Å². The second-order valence-electron chi connectivity index (χ2n) is 8.22. The van der Waals surface area contributed by atoms with Gasteiger partial charge in [-0.1, -0.05) is 34.6 Å². The molecular formula is C28H23BrN6OS. The lowest BCUT2D eigenvalue weighted by Crippen LogP contribution is -2.12. The van der Waals surface area contributed by atoms with Gasteiger partial charge < -0.3 is 16.4 Å². The molecule has 2 heterocycles. The van der Waals surface area contributed by atoms with E-state index in [2.05, 4.69) is 48.4 Å². The Labute approximate surface area is 227 Å². The van der Waals surface area contributed by atoms with Crippen LogP contribution in [-0.4, -0.2) is 20.9 Å². The van der Waals surface area contributed by atoms with Crippen LogP contribution in [0.1, 0.15) is 23.0 Å². The van der Waals surface area contributed by atoms with Gasteiger partial charge in [-0.25, -0.2) is 15.0 Å². The molecule has 0 bridgehead atoms. The summed E-state index contributed by atoms with van der Waals surface area (Å²) in [5.74, 6) is 0.404. The van der Waals surface area contributed by atoms with Crippen molar-refractivity contribution in [1.29, 1.82) is 0 Å². The molecule has 184 valence electrons. The molecule has 0 saturated heterocycles. The fourth-order valence-electron chi connectivity index (χ4n) is 3.66. The number of benzene rings is 3. The van der Waals surface area contributed by atoms with Crippen molar-refractivity contribution in [2.75, 3.05) is 16.4 Å². The molecule has 9 heteroatoms. The topological polar surface area (TPSA) is 106 Å². The van der Waals surface area contributed by atoms with E-state index in [-0.39, 0.29) is 5.91 Å². The number of nitrogens with one attached hydrogen (secondary N) is 2. The second kappa shape index (κ2) is 11.0. The lowest BCUT2D eigenvalue weighted by atomic mass is 10.1. The molecule has 1 amide bonds. The van der Waals surface area contributed by atoms with Crippen molar-refractivity contribution in [3.63, 3.8) is 0 Å². The summed E-state index contributed by atoms with van der Waals surface area (Å²) in [5.41, 5.74) is 10.1. The highest BCUT2D eigenvalue weighted by Gasteiger charge is 2.14. The molecule has 37 heavy (non-hydrogen) atoms. The van der Waals surface area contributed by atoms with Gasteiger partial charge in [-0.15, -0.1) is 0 Å². The number of rotatable bonds is 7. The lowest BCUT2D eigenvalue weighted by Gasteiger charge is -2.15. The number of nitrogens with two attached hydrogens (primary N) is 1. The minimum absolute atomic E-state index is 0.212. The number of hydrogen-bond acceptors (Lipinski definition) is 7. The molecule has 5 rings (SSSR count). The maximum absolute atomic E-state index is 13.1. The Balaban J connectivity index is 1.51. The Morgan fingerprint density at radius 3 is 2.51 bits per heavy atom. The smallest absolute Gasteiger partial charge is 0.255 e. The van der Waals surface area contributed by atoms with E-state index in [0.717, 1.165) is 37.5 Å². The van der Waals surface area contributed by atoms with Crippen LogP contribution in [0, 0.1) is 0 Å². The summed E-state index contributed by atoms with van der Waals surface area (Å²) in [7, 11) is 0. The minimum Gasteiger partial charge on any atom is -0.399 e. The molecule has 0 spiro atoms. The van der Waals surface area contributed by atoms with Crippen molar-refractivity contribution in [3.05, 3.63) is 101 Å². The van der Waals surface area contributed by atoms with E-state index in [4.69, 9.17) is 5.73 Å². The van der Waals surface area contributed by atoms with Gasteiger partial charge in [0.05, 0.1) is 11.1 Å². The number of aryl methyl sites for hydroxylation is 1. The first-order valence-corrected chi connectivity index (χ1v) is 13.2. The van der Waals surface area contributed by atoms with Crippen molar-refractivity contribution in [2.45, 2.75) is 23.1 Å². The van der Waals surface area contributed by atoms with Gasteiger partial charge in [0.15, 0.2) is 5.65 Å². The Morgan fingerprint density at radius 2 is 1.76 bits per heavy atom. The Morgan fingerprint density at radius 1 is 0.973 bits per heavy atom. The van der Waals surface area contributed by atoms with Crippen molar-refractivity contribution in [1.82, 2.24) is 15.0 Å². The fraction of sp³-hybridized carbons (Fsp3) is 0.0714. The van der Waals surface area contributed by atoms with Crippen LogP contribution in [0.25, 0.3) is 11.0 Å². The van der Waals surface area contributed by atoms with Crippen LogP contribution in [0.4, 0.5) is 22.9 Å². The minimum atomic E-state index is -0.212. The number of pyridine rings is 1. The molecule has 7 nitrogen and oxygen atoms in total. The fourth-order valence-corrected chi connectivity index (χ4v) is 4.81. The van der Waals surface area contributed by atoms with Crippen LogP contribution >= 0.6 is 27.7 Å². The Bertz CT molecular complexity index is 1580. The number of nitrogens with zero attached hydrogens (tertiary/aromatic N) is 3. The molecular weight excluding hydrogens is 548 g/mol. The molecule has 0 saturated carbocycles. The van der Waals surface area contributed by atoms with Crippen LogP contribution in [-0.2, 0) is 6.42 Å². The summed E-state index contributed by atoms with van der Waals surface area (Å²) in [6.45, 7) is 2.06. The van der Waals surface area contributed by atoms with Gasteiger partial charge in [0.25, 0.3) is 5.91 Å². The van der Waals surface area contributed by atoms with E-state index < -0.39 is 0 Å². The summed E-state index contributed by atoms with van der Waals surface area (Å²) in [6.07, 6.45) is 2.31. The maximum atomic E-state index is 13.1. The number of nitrogen functional groups attached to an aromatic ring is 1. The SMILES string of the molecule is CCc1ccc2c(Nc3cc(C(=O)Nc4ccc(Br)cc4)ccc3Sc3ccc(N)cc3)ncnc2n1. The number of halogens is 1. The van der Waals surface area contributed by atoms with Gasteiger partial charge in [0, 0.05) is 36.9 Å². The number of aromatic nitrogens is 3. The summed E-state index contributed by atoms with van der Waals surface area (Å²) in [6, 6.07) is 24.6. The van der Waals surface area contributed by atoms with Crippen LogP contribution < -0.4 is 16.4 Å². The molecule has 0 fully saturated rings. The van der Waals surface area contributed by atoms with Gasteiger partial charge >= 0.3 is 0 Å². The third-order valence-corrected chi connectivity index (χ3v) is 7.23. The molecule has 5 aromatic rings. The molecule has 0 aliphatic rings. The van der Waals surface area contributed by atoms with Crippen molar-refractivity contribution in [3.8, 4) is 0 Å². The summed E-state index contributed by atoms with van der Waals surface area (Å²) in [5, 5.41) is 7.18. The van der Waals surface area contributed by atoms with Gasteiger partial charge in [-0.3, -0.25) is 4.79 Å². The molecule has 3 aromatic carbocycles. The van der Waals surface area contributed by atoms with E-state index in [1.807, 2.05) is 78.9 Å². The van der Waals surface area contributed by atoms with Gasteiger partial charge in [0.2, 0.25) is 0 Å². The second-order valence-corrected chi connectivity index (χ2v) is 10.2. The highest BCUT2D eigenvalue weighted by Crippen LogP contribution is 2.36. The third-order valence-electron chi connectivity index (χ3n) is 5.62. The largest absolute Gasteiger partial charge is 0.399 e. The van der Waals surface area contributed by atoms with E-state index in [9.17, 15) is 4.79 Å². The van der Waals surface area contributed by atoms with Crippen molar-refractivity contribution < 1.29 is 4.79 Å². The zero-order chi connectivity index (χ0) is 25.8. The van der Waals surface area contributed by atoms with E-state index in [1.165, 1.54) is 6.33 Å². The first-order chi connectivity index (χ1) is 18.0. The molecule has 0 unspecified atom stereocenters. The number of carbonyl (C=O) groups excluding carboxylic acids is 1. The zero-order valence-corrected chi connectivity index (χ0v) is 22.3. The average Bonchev–Trinajstić information content (AvgIpc) is 2.92. The predicted octanol–water partition coefficient (Wildman–Crippen LogP) is 7.08. The lowest BCUT2D eigenvalue weighted by molar-refractivity contribution is 0.102. The number of fused-ring (bicyclic) bond motifs is 1. The number of anilines is 4. The first kappa shape index (κ1) is 24.7.